The number of halogens is 3. The van der Waals surface area contributed by atoms with Crippen molar-refractivity contribution >= 4 is 17.6 Å². The summed E-state index contributed by atoms with van der Waals surface area (Å²) in [4.78, 5) is 23.2. The normalized spacial score (nSPS) is 21.4. The van der Waals surface area contributed by atoms with Crippen LogP contribution in [0.1, 0.15) is 18.4 Å². The van der Waals surface area contributed by atoms with Crippen LogP contribution in [0.25, 0.3) is 0 Å². The van der Waals surface area contributed by atoms with Gasteiger partial charge in [-0.1, -0.05) is 18.2 Å². The van der Waals surface area contributed by atoms with Crippen molar-refractivity contribution in [3.63, 3.8) is 0 Å². The molecule has 0 saturated heterocycles. The Balaban J connectivity index is 2.15. The van der Waals surface area contributed by atoms with Crippen molar-refractivity contribution in [1.82, 2.24) is 0 Å². The molecule has 4 nitrogen and oxygen atoms in total. The van der Waals surface area contributed by atoms with Gasteiger partial charge in [-0.2, -0.15) is 13.2 Å². The van der Waals surface area contributed by atoms with Crippen molar-refractivity contribution in [3.8, 4) is 0 Å². The molecule has 0 fully saturated rings. The van der Waals surface area contributed by atoms with Gasteiger partial charge in [-0.05, 0) is 31.0 Å². The van der Waals surface area contributed by atoms with Crippen molar-refractivity contribution in [2.24, 2.45) is 11.8 Å². The van der Waals surface area contributed by atoms with Crippen LogP contribution in [0, 0.1) is 11.8 Å². The third kappa shape index (κ3) is 3.66. The van der Waals surface area contributed by atoms with Crippen LogP contribution < -0.4 is 10.4 Å². The average Bonchev–Trinajstić information content (AvgIpc) is 2.46. The third-order valence-corrected chi connectivity index (χ3v) is 3.53. The molecule has 2 atom stereocenters. The number of allylic oxidation sites excluding steroid dienone is 2. The highest BCUT2D eigenvalue weighted by Gasteiger charge is 2.32. The van der Waals surface area contributed by atoms with Crippen molar-refractivity contribution in [3.05, 3.63) is 42.0 Å². The molecule has 0 aromatic heterocycles. The van der Waals surface area contributed by atoms with E-state index in [1.54, 1.807) is 12.2 Å². The zero-order valence-corrected chi connectivity index (χ0v) is 11.4. The number of aliphatic carboxylic acids is 1. The van der Waals surface area contributed by atoms with Gasteiger partial charge in [-0.3, -0.25) is 4.79 Å². The van der Waals surface area contributed by atoms with Gasteiger partial charge in [0.2, 0.25) is 5.91 Å². The summed E-state index contributed by atoms with van der Waals surface area (Å²) in [6, 6.07) is 4.20. The fraction of sp³-hybridized carbons (Fsp3) is 0.333. The maximum absolute atomic E-state index is 12.6. The van der Waals surface area contributed by atoms with Gasteiger partial charge in [-0.15, -0.1) is 0 Å². The zero-order valence-electron chi connectivity index (χ0n) is 11.4. The minimum absolute atomic E-state index is 0.0218. The van der Waals surface area contributed by atoms with E-state index in [0.717, 1.165) is 12.1 Å². The Morgan fingerprint density at radius 3 is 2.36 bits per heavy atom. The van der Waals surface area contributed by atoms with Crippen molar-refractivity contribution < 1.29 is 27.9 Å². The fourth-order valence-electron chi connectivity index (χ4n) is 2.37. The van der Waals surface area contributed by atoms with Crippen molar-refractivity contribution in [1.29, 1.82) is 0 Å². The highest BCUT2D eigenvalue weighted by atomic mass is 19.4. The lowest BCUT2D eigenvalue weighted by Gasteiger charge is -2.28. The number of alkyl halides is 3. The second kappa shape index (κ2) is 6.21. The number of anilines is 1. The van der Waals surface area contributed by atoms with Crippen LogP contribution in [-0.4, -0.2) is 11.9 Å². The molecule has 0 aliphatic heterocycles. The SMILES string of the molecule is O=C([O-])[C@H]1CC=CC[C@@H]1C(=O)Nc1cccc(C(F)(F)F)c1. The first-order valence-electron chi connectivity index (χ1n) is 6.63. The molecule has 0 spiro atoms. The highest BCUT2D eigenvalue weighted by molar-refractivity contribution is 5.95. The molecule has 2 rings (SSSR count). The van der Waals surface area contributed by atoms with E-state index in [0.29, 0.717) is 0 Å². The third-order valence-electron chi connectivity index (χ3n) is 3.53. The number of nitrogens with one attached hydrogen (secondary N) is 1. The standard InChI is InChI=1S/C15H14F3NO3/c16-15(17,18)9-4-3-5-10(8-9)19-13(20)11-6-1-2-7-12(11)14(21)22/h1-5,8,11-12H,6-7H2,(H,19,20)(H,21,22)/p-1/t11-,12-/m0/s1. The number of carboxylic acid groups (broad SMARTS) is 1. The van der Waals surface area contributed by atoms with Crippen molar-refractivity contribution in [2.45, 2.75) is 19.0 Å². The average molecular weight is 312 g/mol. The quantitative estimate of drug-likeness (QED) is 0.868. The molecule has 0 radical (unpaired) electrons. The van der Waals surface area contributed by atoms with Gasteiger partial charge in [0.1, 0.15) is 0 Å². The number of hydrogen-bond donors (Lipinski definition) is 1. The topological polar surface area (TPSA) is 69.2 Å². The second-order valence-corrected chi connectivity index (χ2v) is 5.04. The van der Waals surface area contributed by atoms with E-state index in [9.17, 15) is 27.9 Å². The van der Waals surface area contributed by atoms with Crippen LogP contribution in [0.5, 0.6) is 0 Å². The van der Waals surface area contributed by atoms with Gasteiger partial charge >= 0.3 is 6.18 Å². The number of rotatable bonds is 3. The lowest BCUT2D eigenvalue weighted by molar-refractivity contribution is -0.313. The Bertz CT molecular complexity index is 610. The summed E-state index contributed by atoms with van der Waals surface area (Å²) in [6.07, 6.45) is -0.807. The Kier molecular flexibility index (Phi) is 4.54. The molecule has 1 aromatic carbocycles. The van der Waals surface area contributed by atoms with E-state index in [4.69, 9.17) is 0 Å². The lowest BCUT2D eigenvalue weighted by atomic mass is 9.82. The number of hydrogen-bond acceptors (Lipinski definition) is 3. The Hall–Kier alpha value is -2.31. The monoisotopic (exact) mass is 312 g/mol. The molecule has 1 aliphatic carbocycles. The van der Waals surface area contributed by atoms with Crippen LogP contribution in [0.3, 0.4) is 0 Å². The minimum Gasteiger partial charge on any atom is -0.550 e. The molecule has 22 heavy (non-hydrogen) atoms. The highest BCUT2D eigenvalue weighted by Crippen LogP contribution is 2.31. The predicted octanol–water partition coefficient (Wildman–Crippen LogP) is 1.98. The second-order valence-electron chi connectivity index (χ2n) is 5.04. The van der Waals surface area contributed by atoms with Crippen LogP contribution >= 0.6 is 0 Å². The number of carbonyl (C=O) groups excluding carboxylic acids is 2. The number of carbonyl (C=O) groups is 2. The van der Waals surface area contributed by atoms with Crippen LogP contribution in [-0.2, 0) is 15.8 Å². The molecule has 1 amide bonds. The van der Waals surface area contributed by atoms with Crippen LogP contribution in [0.2, 0.25) is 0 Å². The number of carboxylic acids is 1. The molecule has 118 valence electrons. The van der Waals surface area contributed by atoms with E-state index in [1.807, 2.05) is 0 Å². The predicted molar refractivity (Wildman–Crippen MR) is 70.4 cm³/mol. The first-order valence-corrected chi connectivity index (χ1v) is 6.63. The number of benzene rings is 1. The first-order chi connectivity index (χ1) is 10.3. The van der Waals surface area contributed by atoms with Gasteiger partial charge in [0.05, 0.1) is 11.5 Å². The summed E-state index contributed by atoms with van der Waals surface area (Å²) in [6.45, 7) is 0. The molecule has 1 aromatic rings. The first kappa shape index (κ1) is 16.1. The van der Waals surface area contributed by atoms with Gasteiger partial charge in [0.15, 0.2) is 0 Å². The lowest BCUT2D eigenvalue weighted by Crippen LogP contribution is -2.41. The molecular formula is C15H13F3NO3-. The summed E-state index contributed by atoms with van der Waals surface area (Å²) in [7, 11) is 0. The molecule has 0 bridgehead atoms. The van der Waals surface area contributed by atoms with E-state index in [1.165, 1.54) is 12.1 Å². The summed E-state index contributed by atoms with van der Waals surface area (Å²) in [5.74, 6) is -3.80. The fourth-order valence-corrected chi connectivity index (χ4v) is 2.37. The molecule has 7 heteroatoms. The largest absolute Gasteiger partial charge is 0.550 e. The maximum Gasteiger partial charge on any atom is 0.416 e. The Labute approximate surface area is 124 Å². The van der Waals surface area contributed by atoms with E-state index in [2.05, 4.69) is 5.32 Å². The molecule has 0 unspecified atom stereocenters. The van der Waals surface area contributed by atoms with Crippen LogP contribution in [0.4, 0.5) is 18.9 Å². The summed E-state index contributed by atoms with van der Waals surface area (Å²) >= 11 is 0. The molecular weight excluding hydrogens is 299 g/mol. The Morgan fingerprint density at radius 1 is 1.14 bits per heavy atom. The van der Waals surface area contributed by atoms with Gasteiger partial charge in [-0.25, -0.2) is 0 Å². The molecule has 1 aliphatic rings. The zero-order chi connectivity index (χ0) is 16.3. The summed E-state index contributed by atoms with van der Waals surface area (Å²) in [5.41, 5.74) is -0.906. The van der Waals surface area contributed by atoms with Gasteiger partial charge < -0.3 is 15.2 Å². The summed E-state index contributed by atoms with van der Waals surface area (Å²) in [5, 5.41) is 13.4. The molecule has 1 N–H and O–H groups in total. The summed E-state index contributed by atoms with van der Waals surface area (Å²) < 4.78 is 37.9. The Morgan fingerprint density at radius 2 is 1.77 bits per heavy atom. The molecule has 0 saturated carbocycles. The van der Waals surface area contributed by atoms with Crippen LogP contribution in [0.15, 0.2) is 36.4 Å². The molecule has 0 heterocycles. The van der Waals surface area contributed by atoms with Gasteiger partial charge in [0.25, 0.3) is 0 Å². The number of amides is 1. The van der Waals surface area contributed by atoms with Gasteiger partial charge in [0, 0.05) is 17.6 Å². The van der Waals surface area contributed by atoms with E-state index >= 15 is 0 Å². The van der Waals surface area contributed by atoms with E-state index < -0.39 is 35.5 Å². The van der Waals surface area contributed by atoms with E-state index in [-0.39, 0.29) is 18.5 Å². The van der Waals surface area contributed by atoms with Crippen molar-refractivity contribution in [2.75, 3.05) is 5.32 Å². The smallest absolute Gasteiger partial charge is 0.416 e. The maximum atomic E-state index is 12.6. The minimum atomic E-state index is -4.51.